The molecule has 2 aliphatic rings. The van der Waals surface area contributed by atoms with E-state index in [0.29, 0.717) is 0 Å². The van der Waals surface area contributed by atoms with E-state index in [0.717, 1.165) is 57.6 Å². The van der Waals surface area contributed by atoms with Crippen molar-refractivity contribution in [3.8, 4) is 33.8 Å². The molecule has 4 aromatic carbocycles. The van der Waals surface area contributed by atoms with Crippen LogP contribution < -0.4 is 0 Å². The van der Waals surface area contributed by atoms with E-state index in [1.165, 1.54) is 11.1 Å². The van der Waals surface area contributed by atoms with Gasteiger partial charge in [-0.1, -0.05) is 42.5 Å². The van der Waals surface area contributed by atoms with Gasteiger partial charge in [0.1, 0.15) is 0 Å². The van der Waals surface area contributed by atoms with E-state index in [2.05, 4.69) is 55.2 Å². The van der Waals surface area contributed by atoms with Crippen molar-refractivity contribution in [2.75, 3.05) is 0 Å². The van der Waals surface area contributed by atoms with Crippen molar-refractivity contribution >= 4 is 11.0 Å². The third-order valence-corrected chi connectivity index (χ3v) is 8.13. The Bertz CT molecular complexity index is 1700. The first kappa shape index (κ1) is 28.1. The molecule has 0 saturated carbocycles. The molecule has 0 aliphatic carbocycles. The smallest absolute Gasteiger partial charge is 0.0921 e. The van der Waals surface area contributed by atoms with Crippen LogP contribution in [0.5, 0.6) is 0 Å². The second kappa shape index (κ2) is 11.3. The van der Waals surface area contributed by atoms with Crippen molar-refractivity contribution in [1.82, 2.24) is 15.0 Å². The molecule has 209 valence electrons. The molecule has 1 saturated heterocycles. The van der Waals surface area contributed by atoms with E-state index in [4.69, 9.17) is 14.7 Å². The number of aromatic nitrogens is 3. The van der Waals surface area contributed by atoms with Gasteiger partial charge < -0.3 is 9.72 Å². The molecule has 1 radical (unpaired) electrons. The molecule has 2 unspecified atom stereocenters. The molecule has 4 heterocycles. The second-order valence-electron chi connectivity index (χ2n) is 11.0. The third kappa shape index (κ3) is 5.09. The first-order valence-electron chi connectivity index (χ1n) is 14.0. The molecular formula is C37H29IrN3O-2. The summed E-state index contributed by atoms with van der Waals surface area (Å²) < 4.78 is 6.46. The molecule has 5 heteroatoms. The van der Waals surface area contributed by atoms with Gasteiger partial charge in [-0.3, -0.25) is 9.97 Å². The summed E-state index contributed by atoms with van der Waals surface area (Å²) in [4.78, 5) is 14.4. The molecule has 42 heavy (non-hydrogen) atoms. The molecule has 0 amide bonds. The van der Waals surface area contributed by atoms with Gasteiger partial charge in [0, 0.05) is 32.0 Å². The van der Waals surface area contributed by atoms with E-state index in [1.807, 2.05) is 84.9 Å². The molecule has 0 N–H and O–H groups in total. The number of nitrogens with zero attached hydrogens (tertiary/aromatic N) is 3. The minimum atomic E-state index is -0.211. The van der Waals surface area contributed by atoms with E-state index in [1.54, 1.807) is 6.20 Å². The minimum Gasteiger partial charge on any atom is -0.360 e. The molecule has 2 bridgehead atoms. The summed E-state index contributed by atoms with van der Waals surface area (Å²) in [5.74, 6) is 0. The molecular weight excluding hydrogens is 695 g/mol. The summed E-state index contributed by atoms with van der Waals surface area (Å²) in [6.07, 6.45) is 3.89. The Balaban J connectivity index is 0.000000205. The topological polar surface area (TPSA) is 47.9 Å². The van der Waals surface area contributed by atoms with Crippen molar-refractivity contribution in [2.24, 2.45) is 0 Å². The number of fused-ring (bicyclic) bond motifs is 6. The normalized spacial score (nSPS) is 19.9. The fourth-order valence-electron chi connectivity index (χ4n) is 6.03. The number of pyridine rings is 1. The summed E-state index contributed by atoms with van der Waals surface area (Å²) >= 11 is 0. The van der Waals surface area contributed by atoms with E-state index in [-0.39, 0.29) is 31.3 Å². The Morgan fingerprint density at radius 3 is 1.79 bits per heavy atom. The maximum atomic E-state index is 6.46. The molecule has 2 aliphatic heterocycles. The first-order chi connectivity index (χ1) is 20.0. The zero-order valence-electron chi connectivity index (χ0n) is 23.5. The summed E-state index contributed by atoms with van der Waals surface area (Å²) in [6.45, 7) is 4.41. The zero-order chi connectivity index (χ0) is 27.9. The van der Waals surface area contributed by atoms with Gasteiger partial charge in [0.25, 0.3) is 0 Å². The van der Waals surface area contributed by atoms with Crippen molar-refractivity contribution in [1.29, 1.82) is 0 Å². The number of hydrogen-bond acceptors (Lipinski definition) is 4. The fourth-order valence-corrected chi connectivity index (χ4v) is 6.03. The molecule has 4 nitrogen and oxygen atoms in total. The monoisotopic (exact) mass is 724 g/mol. The van der Waals surface area contributed by atoms with Crippen LogP contribution in [-0.4, -0.2) is 15.0 Å². The first-order valence-corrected chi connectivity index (χ1v) is 14.0. The Kier molecular flexibility index (Phi) is 7.59. The van der Waals surface area contributed by atoms with Gasteiger partial charge in [-0.25, -0.2) is 0 Å². The predicted molar refractivity (Wildman–Crippen MR) is 163 cm³/mol. The van der Waals surface area contributed by atoms with Crippen LogP contribution in [0.15, 0.2) is 115 Å². The van der Waals surface area contributed by atoms with Crippen molar-refractivity contribution in [3.63, 3.8) is 0 Å². The van der Waals surface area contributed by atoms with E-state index < -0.39 is 0 Å². The van der Waals surface area contributed by atoms with Gasteiger partial charge in [-0.15, -0.1) is 71.8 Å². The Morgan fingerprint density at radius 2 is 1.21 bits per heavy atom. The predicted octanol–water partition coefficient (Wildman–Crippen LogP) is 8.56. The zero-order valence-corrected chi connectivity index (χ0v) is 25.9. The fraction of sp³-hybridized carbons (Fsp3) is 0.162. The largest absolute Gasteiger partial charge is 0.360 e. The Morgan fingerprint density at radius 1 is 0.643 bits per heavy atom. The third-order valence-electron chi connectivity index (χ3n) is 8.13. The molecule has 0 spiro atoms. The van der Waals surface area contributed by atoms with Crippen LogP contribution in [0.3, 0.4) is 0 Å². The quantitative estimate of drug-likeness (QED) is 0.172. The average Bonchev–Trinajstić information content (AvgIpc) is 3.48. The van der Waals surface area contributed by atoms with Crippen LogP contribution in [0.2, 0.25) is 0 Å². The summed E-state index contributed by atoms with van der Waals surface area (Å²) in [5, 5.41) is 0. The van der Waals surface area contributed by atoms with E-state index >= 15 is 0 Å². The van der Waals surface area contributed by atoms with Crippen LogP contribution >= 0.6 is 0 Å². The van der Waals surface area contributed by atoms with Crippen molar-refractivity contribution in [3.05, 3.63) is 139 Å². The number of hydrogen-bond donors (Lipinski definition) is 0. The minimum absolute atomic E-state index is 0. The molecule has 2 atom stereocenters. The van der Waals surface area contributed by atoms with Crippen LogP contribution in [0, 0.1) is 12.1 Å². The molecule has 1 fully saturated rings. The number of ether oxygens (including phenoxy) is 1. The standard InChI is InChI=1S/C26H21N2O.C11H8N.Ir/c1-25-13-14-26(2,29-25)20-16-22-21(15-19(20)25)27-23(17-9-5-3-6-10-17)24(28-22)18-11-7-4-8-12-18;1-2-6-10(7-3-1)11-8-4-5-9-12-11;/h3-11,15-16H,13-14H2,1-2H3;1-6,8-9H;/q2*-1;. The van der Waals surface area contributed by atoms with Gasteiger partial charge in [-0.2, -0.15) is 0 Å². The average molecular weight is 724 g/mol. The van der Waals surface area contributed by atoms with Crippen molar-refractivity contribution < 1.29 is 24.8 Å². The van der Waals surface area contributed by atoms with Gasteiger partial charge in [0.15, 0.2) is 0 Å². The van der Waals surface area contributed by atoms with Gasteiger partial charge in [0.2, 0.25) is 0 Å². The Hall–Kier alpha value is -4.02. The second-order valence-corrected chi connectivity index (χ2v) is 11.0. The summed E-state index contributed by atoms with van der Waals surface area (Å²) in [7, 11) is 0. The SMILES string of the molecule is CC12CCC(C)(O1)c1cc3nc(-c4ccccc4)c(-c4[c-]cccc4)nc3cc12.[Ir].[c-]1ccccc1-c1ccccn1. The van der Waals surface area contributed by atoms with Crippen molar-refractivity contribution in [2.45, 2.75) is 37.9 Å². The summed E-state index contributed by atoms with van der Waals surface area (Å²) in [5.41, 5.74) is 9.73. The van der Waals surface area contributed by atoms with Crippen LogP contribution in [0.1, 0.15) is 37.8 Å². The van der Waals surface area contributed by atoms with Crippen LogP contribution in [0.25, 0.3) is 44.8 Å². The van der Waals surface area contributed by atoms with E-state index in [9.17, 15) is 0 Å². The van der Waals surface area contributed by atoms with Gasteiger partial charge in [0.05, 0.1) is 27.9 Å². The number of rotatable bonds is 3. The molecule has 2 aromatic heterocycles. The maximum Gasteiger partial charge on any atom is 0.0921 e. The molecule has 6 aromatic rings. The molecule has 8 rings (SSSR count). The van der Waals surface area contributed by atoms with Crippen LogP contribution in [-0.2, 0) is 36.0 Å². The maximum absolute atomic E-state index is 6.46. The summed E-state index contributed by atoms with van der Waals surface area (Å²) in [6, 6.07) is 42.8. The van der Waals surface area contributed by atoms with Gasteiger partial charge in [-0.05, 0) is 67.3 Å². The van der Waals surface area contributed by atoms with Gasteiger partial charge >= 0.3 is 0 Å². The number of benzene rings is 4. The Labute approximate surface area is 260 Å². The van der Waals surface area contributed by atoms with Crippen LogP contribution in [0.4, 0.5) is 0 Å².